The molecule has 1 aliphatic heterocycles. The number of amides is 1. The number of carbonyl (C=O) groups is 2. The number of hydrogen-bond donors (Lipinski definition) is 3. The number of benzene rings is 1. The average Bonchev–Trinajstić information content (AvgIpc) is 2.90. The number of carboxylic acids is 1. The van der Waals surface area contributed by atoms with E-state index in [1.165, 1.54) is 5.56 Å². The highest BCUT2D eigenvalue weighted by Gasteiger charge is 2.22. The second-order valence-corrected chi connectivity index (χ2v) is 9.07. The van der Waals surface area contributed by atoms with E-state index in [9.17, 15) is 19.1 Å². The Balaban J connectivity index is 1.41. The zero-order valence-corrected chi connectivity index (χ0v) is 20.8. The summed E-state index contributed by atoms with van der Waals surface area (Å²) in [6.07, 6.45) is 4.72. The SMILES string of the molecule is O=C(NC(CCN(CCCF)CCCCc1ccc2c(n1)NCCC2)C(=O)O)OCc1ccccc1. The summed E-state index contributed by atoms with van der Waals surface area (Å²) in [5.41, 5.74) is 3.15. The first kappa shape index (κ1) is 27.4. The number of alkyl carbamates (subject to hydrolysis) is 1. The molecule has 1 aliphatic rings. The molecule has 3 N–H and O–H groups in total. The lowest BCUT2D eigenvalue weighted by atomic mass is 10.1. The van der Waals surface area contributed by atoms with Gasteiger partial charge in [-0.1, -0.05) is 36.4 Å². The molecule has 2 heterocycles. The van der Waals surface area contributed by atoms with Gasteiger partial charge in [-0.2, -0.15) is 0 Å². The van der Waals surface area contributed by atoms with Crippen molar-refractivity contribution < 1.29 is 23.8 Å². The van der Waals surface area contributed by atoms with Crippen molar-refractivity contribution in [2.24, 2.45) is 0 Å². The van der Waals surface area contributed by atoms with Gasteiger partial charge in [-0.3, -0.25) is 4.39 Å². The number of carboxylic acid groups (broad SMARTS) is 1. The van der Waals surface area contributed by atoms with Crippen molar-refractivity contribution in [1.82, 2.24) is 15.2 Å². The van der Waals surface area contributed by atoms with Crippen LogP contribution in [0.15, 0.2) is 42.5 Å². The van der Waals surface area contributed by atoms with Gasteiger partial charge in [0.1, 0.15) is 18.5 Å². The summed E-state index contributed by atoms with van der Waals surface area (Å²) in [5, 5.41) is 15.4. The molecule has 1 aromatic carbocycles. The van der Waals surface area contributed by atoms with Crippen LogP contribution in [0, 0.1) is 0 Å². The molecular formula is C27H37FN4O4. The van der Waals surface area contributed by atoms with E-state index in [0.717, 1.165) is 62.3 Å². The quantitative estimate of drug-likeness (QED) is 0.315. The number of alkyl halides is 1. The van der Waals surface area contributed by atoms with Gasteiger partial charge in [-0.15, -0.1) is 0 Å². The lowest BCUT2D eigenvalue weighted by molar-refractivity contribution is -0.139. The Kier molecular flexibility index (Phi) is 11.4. The molecule has 0 bridgehead atoms. The van der Waals surface area contributed by atoms with Crippen LogP contribution in [0.25, 0.3) is 0 Å². The molecule has 2 aromatic rings. The van der Waals surface area contributed by atoms with Gasteiger partial charge in [0, 0.05) is 25.3 Å². The van der Waals surface area contributed by atoms with E-state index in [-0.39, 0.29) is 13.0 Å². The zero-order chi connectivity index (χ0) is 25.6. The standard InChI is InChI=1S/C27H37FN4O4/c28-15-7-18-32(17-5-4-11-23-13-12-22-10-6-16-29-25(22)30-23)19-14-24(26(33)34)31-27(35)36-20-21-8-2-1-3-9-21/h1-3,8-9,12-13,24H,4-7,10-11,14-20H2,(H,29,30)(H,31,35)(H,33,34). The van der Waals surface area contributed by atoms with E-state index in [1.807, 2.05) is 30.3 Å². The number of carbonyl (C=O) groups excluding carboxylic acids is 1. The summed E-state index contributed by atoms with van der Waals surface area (Å²) in [5.74, 6) is -0.123. The molecule has 9 heteroatoms. The monoisotopic (exact) mass is 500 g/mol. The molecule has 0 spiro atoms. The van der Waals surface area contributed by atoms with E-state index in [1.54, 1.807) is 0 Å². The Hall–Kier alpha value is -3.20. The number of ether oxygens (including phenoxy) is 1. The van der Waals surface area contributed by atoms with Crippen molar-refractivity contribution in [2.45, 2.75) is 57.6 Å². The summed E-state index contributed by atoms with van der Waals surface area (Å²) in [6.45, 7) is 2.32. The number of anilines is 1. The number of unbranched alkanes of at least 4 members (excludes halogenated alkanes) is 1. The molecule has 3 rings (SSSR count). The van der Waals surface area contributed by atoms with Crippen molar-refractivity contribution in [3.63, 3.8) is 0 Å². The molecule has 0 fully saturated rings. The van der Waals surface area contributed by atoms with Gasteiger partial charge in [0.05, 0.1) is 6.67 Å². The van der Waals surface area contributed by atoms with Crippen LogP contribution in [0.4, 0.5) is 15.0 Å². The number of aryl methyl sites for hydroxylation is 2. The maximum absolute atomic E-state index is 12.8. The molecule has 0 saturated heterocycles. The van der Waals surface area contributed by atoms with Crippen LogP contribution in [0.2, 0.25) is 0 Å². The van der Waals surface area contributed by atoms with Gasteiger partial charge < -0.3 is 25.4 Å². The van der Waals surface area contributed by atoms with E-state index in [2.05, 4.69) is 27.7 Å². The number of aliphatic carboxylic acids is 1. The largest absolute Gasteiger partial charge is 0.480 e. The first-order valence-corrected chi connectivity index (χ1v) is 12.8. The molecule has 1 atom stereocenters. The Morgan fingerprint density at radius 2 is 1.92 bits per heavy atom. The molecule has 0 saturated carbocycles. The topological polar surface area (TPSA) is 104 Å². The number of nitrogens with one attached hydrogen (secondary N) is 2. The Bertz CT molecular complexity index is 960. The molecule has 0 radical (unpaired) electrons. The van der Waals surface area contributed by atoms with Crippen LogP contribution in [0.3, 0.4) is 0 Å². The third-order valence-electron chi connectivity index (χ3n) is 6.25. The average molecular weight is 501 g/mol. The van der Waals surface area contributed by atoms with Crippen molar-refractivity contribution in [1.29, 1.82) is 0 Å². The number of hydrogen-bond acceptors (Lipinski definition) is 6. The highest BCUT2D eigenvalue weighted by Crippen LogP contribution is 2.20. The molecule has 36 heavy (non-hydrogen) atoms. The molecular weight excluding hydrogens is 463 g/mol. The van der Waals surface area contributed by atoms with Crippen molar-refractivity contribution >= 4 is 17.9 Å². The van der Waals surface area contributed by atoms with Gasteiger partial charge in [-0.05, 0) is 68.7 Å². The highest BCUT2D eigenvalue weighted by atomic mass is 19.1. The fraction of sp³-hybridized carbons (Fsp3) is 0.519. The predicted molar refractivity (Wildman–Crippen MR) is 137 cm³/mol. The predicted octanol–water partition coefficient (Wildman–Crippen LogP) is 4.19. The number of rotatable bonds is 15. The summed E-state index contributed by atoms with van der Waals surface area (Å²) < 4.78 is 18.0. The summed E-state index contributed by atoms with van der Waals surface area (Å²) >= 11 is 0. The van der Waals surface area contributed by atoms with Crippen LogP contribution in [0.1, 0.15) is 48.9 Å². The van der Waals surface area contributed by atoms with Crippen LogP contribution in [-0.4, -0.2) is 65.9 Å². The minimum absolute atomic E-state index is 0.0662. The third-order valence-corrected chi connectivity index (χ3v) is 6.25. The second-order valence-electron chi connectivity index (χ2n) is 9.07. The van der Waals surface area contributed by atoms with Crippen LogP contribution in [-0.2, 0) is 29.0 Å². The Morgan fingerprint density at radius 1 is 1.11 bits per heavy atom. The summed E-state index contributed by atoms with van der Waals surface area (Å²) in [6, 6.07) is 12.3. The van der Waals surface area contributed by atoms with Crippen molar-refractivity contribution in [3.8, 4) is 0 Å². The lowest BCUT2D eigenvalue weighted by Gasteiger charge is -2.24. The van der Waals surface area contributed by atoms with Gasteiger partial charge in [-0.25, -0.2) is 14.6 Å². The fourth-order valence-corrected chi connectivity index (χ4v) is 4.24. The molecule has 8 nitrogen and oxygen atoms in total. The minimum Gasteiger partial charge on any atom is -0.480 e. The molecule has 0 aliphatic carbocycles. The zero-order valence-electron chi connectivity index (χ0n) is 20.8. The van der Waals surface area contributed by atoms with Gasteiger partial charge in [0.15, 0.2) is 0 Å². The Labute approximate surface area is 212 Å². The van der Waals surface area contributed by atoms with Crippen molar-refractivity contribution in [2.75, 3.05) is 38.2 Å². The van der Waals surface area contributed by atoms with E-state index in [4.69, 9.17) is 9.72 Å². The van der Waals surface area contributed by atoms with Gasteiger partial charge >= 0.3 is 12.1 Å². The maximum Gasteiger partial charge on any atom is 0.408 e. The van der Waals surface area contributed by atoms with E-state index in [0.29, 0.717) is 19.5 Å². The van der Waals surface area contributed by atoms with Crippen LogP contribution in [0.5, 0.6) is 0 Å². The number of fused-ring (bicyclic) bond motifs is 1. The number of aromatic nitrogens is 1. The van der Waals surface area contributed by atoms with E-state index < -0.39 is 24.8 Å². The smallest absolute Gasteiger partial charge is 0.408 e. The summed E-state index contributed by atoms with van der Waals surface area (Å²) in [7, 11) is 0. The molecule has 196 valence electrons. The number of nitrogens with zero attached hydrogens (tertiary/aromatic N) is 2. The first-order chi connectivity index (χ1) is 17.5. The van der Waals surface area contributed by atoms with Crippen LogP contribution >= 0.6 is 0 Å². The number of pyridine rings is 1. The Morgan fingerprint density at radius 3 is 2.69 bits per heavy atom. The molecule has 1 amide bonds. The van der Waals surface area contributed by atoms with Gasteiger partial charge in [0.25, 0.3) is 0 Å². The first-order valence-electron chi connectivity index (χ1n) is 12.8. The number of halogens is 1. The maximum atomic E-state index is 12.8. The van der Waals surface area contributed by atoms with Gasteiger partial charge in [0.2, 0.25) is 0 Å². The molecule has 1 aromatic heterocycles. The second kappa shape index (κ2) is 15.0. The molecule has 1 unspecified atom stereocenters. The van der Waals surface area contributed by atoms with Crippen LogP contribution < -0.4 is 10.6 Å². The summed E-state index contributed by atoms with van der Waals surface area (Å²) in [4.78, 5) is 30.6. The van der Waals surface area contributed by atoms with E-state index >= 15 is 0 Å². The minimum atomic E-state index is -1.12. The fourth-order valence-electron chi connectivity index (χ4n) is 4.24. The van der Waals surface area contributed by atoms with Crippen molar-refractivity contribution in [3.05, 3.63) is 59.3 Å². The highest BCUT2D eigenvalue weighted by molar-refractivity contribution is 5.79. The normalized spacial score (nSPS) is 13.5. The lowest BCUT2D eigenvalue weighted by Crippen LogP contribution is -2.43. The third kappa shape index (κ3) is 9.45.